The van der Waals surface area contributed by atoms with Crippen molar-refractivity contribution >= 4 is 15.7 Å². The molecule has 4 nitrogen and oxygen atoms in total. The van der Waals surface area contributed by atoms with Crippen LogP contribution in [0.4, 0.5) is 4.39 Å². The maximum absolute atomic E-state index is 14.0. The molecule has 1 N–H and O–H groups in total. The highest BCUT2D eigenvalue weighted by Crippen LogP contribution is 2.45. The molecule has 2 atom stereocenters. The zero-order valence-electron chi connectivity index (χ0n) is 13.1. The second-order valence-corrected chi connectivity index (χ2v) is 9.10. The molecule has 1 saturated heterocycles. The Labute approximate surface area is 136 Å². The highest BCUT2D eigenvalue weighted by Gasteiger charge is 2.52. The van der Waals surface area contributed by atoms with Gasteiger partial charge in [-0.2, -0.15) is 0 Å². The minimum atomic E-state index is -3.40. The topological polar surface area (TPSA) is 63.2 Å². The average Bonchev–Trinajstić information content (AvgIpc) is 2.61. The summed E-state index contributed by atoms with van der Waals surface area (Å²) in [5.41, 5.74) is 0.540. The molecule has 2 aliphatic rings. The molecule has 126 valence electrons. The number of sulfone groups is 1. The van der Waals surface area contributed by atoms with Crippen LogP contribution in [0.2, 0.25) is 0 Å². The Morgan fingerprint density at radius 2 is 2.04 bits per heavy atom. The summed E-state index contributed by atoms with van der Waals surface area (Å²) in [6, 6.07) is 6.51. The van der Waals surface area contributed by atoms with E-state index in [2.05, 4.69) is 5.32 Å². The molecule has 2 fully saturated rings. The van der Waals surface area contributed by atoms with Gasteiger partial charge >= 0.3 is 0 Å². The zero-order valence-corrected chi connectivity index (χ0v) is 13.9. The lowest BCUT2D eigenvalue weighted by Gasteiger charge is -2.42. The van der Waals surface area contributed by atoms with Gasteiger partial charge in [-0.05, 0) is 36.8 Å². The first-order valence-corrected chi connectivity index (χ1v) is 9.82. The summed E-state index contributed by atoms with van der Waals surface area (Å²) < 4.78 is 38.8. The fourth-order valence-corrected chi connectivity index (χ4v) is 6.41. The molecule has 0 bridgehead atoms. The number of carbonyl (C=O) groups is 1. The largest absolute Gasteiger partial charge is 0.355 e. The van der Waals surface area contributed by atoms with Crippen LogP contribution in [-0.4, -0.2) is 31.4 Å². The van der Waals surface area contributed by atoms with Gasteiger partial charge in [-0.15, -0.1) is 0 Å². The van der Waals surface area contributed by atoms with Crippen molar-refractivity contribution < 1.29 is 17.6 Å². The molecule has 0 radical (unpaired) electrons. The van der Waals surface area contributed by atoms with E-state index >= 15 is 0 Å². The fraction of sp³-hybridized carbons (Fsp3) is 0.588. The molecule has 1 saturated carbocycles. The Balaban J connectivity index is 1.99. The third kappa shape index (κ3) is 3.01. The van der Waals surface area contributed by atoms with Crippen molar-refractivity contribution in [3.05, 3.63) is 35.6 Å². The Morgan fingerprint density at radius 1 is 1.26 bits per heavy atom. The Kier molecular flexibility index (Phi) is 4.45. The van der Waals surface area contributed by atoms with Crippen molar-refractivity contribution in [2.75, 3.05) is 12.3 Å². The van der Waals surface area contributed by atoms with Crippen LogP contribution >= 0.6 is 0 Å². The predicted molar refractivity (Wildman–Crippen MR) is 86.2 cm³/mol. The zero-order chi connectivity index (χ0) is 16.5. The van der Waals surface area contributed by atoms with E-state index in [1.54, 1.807) is 18.2 Å². The van der Waals surface area contributed by atoms with Gasteiger partial charge in [-0.1, -0.05) is 31.0 Å². The van der Waals surface area contributed by atoms with E-state index < -0.39 is 14.6 Å². The lowest BCUT2D eigenvalue weighted by atomic mass is 9.73. The van der Waals surface area contributed by atoms with Crippen molar-refractivity contribution in [2.24, 2.45) is 5.92 Å². The number of halogens is 1. The molecule has 1 aliphatic heterocycles. The Bertz CT molecular complexity index is 704. The molecule has 3 rings (SSSR count). The maximum atomic E-state index is 14.0. The lowest BCUT2D eigenvalue weighted by Crippen LogP contribution is -2.50. The highest BCUT2D eigenvalue weighted by molar-refractivity contribution is 7.92. The molecule has 1 amide bonds. The average molecular weight is 339 g/mol. The van der Waals surface area contributed by atoms with E-state index in [4.69, 9.17) is 0 Å². The third-order valence-corrected chi connectivity index (χ3v) is 8.00. The predicted octanol–water partition coefficient (Wildman–Crippen LogP) is 2.23. The molecule has 1 aromatic rings. The van der Waals surface area contributed by atoms with Crippen molar-refractivity contribution in [3.8, 4) is 0 Å². The number of hydrogen-bond donors (Lipinski definition) is 1. The van der Waals surface area contributed by atoms with E-state index in [0.29, 0.717) is 18.4 Å². The number of benzene rings is 1. The van der Waals surface area contributed by atoms with Crippen LogP contribution in [0.25, 0.3) is 0 Å². The number of carbonyl (C=O) groups excluding carboxylic acids is 1. The Morgan fingerprint density at radius 3 is 2.83 bits per heavy atom. The summed E-state index contributed by atoms with van der Waals surface area (Å²) >= 11 is 0. The quantitative estimate of drug-likeness (QED) is 0.899. The standard InChI is InChI=1S/C17H22FNO3S/c18-15-7-2-1-5-13(15)11-14-6-3-4-8-17(14)12-16(20)19-9-10-23(17,21)22/h1-2,5,7,14H,3-4,6,8-12H2,(H,19,20). The maximum Gasteiger partial charge on any atom is 0.221 e. The molecule has 23 heavy (non-hydrogen) atoms. The van der Waals surface area contributed by atoms with Gasteiger partial charge in [-0.3, -0.25) is 4.79 Å². The second kappa shape index (κ2) is 6.23. The van der Waals surface area contributed by atoms with Gasteiger partial charge in [0.25, 0.3) is 0 Å². The molecule has 0 aromatic heterocycles. The fourth-order valence-electron chi connectivity index (χ4n) is 4.11. The molecule has 1 aromatic carbocycles. The molecular weight excluding hydrogens is 317 g/mol. The van der Waals surface area contributed by atoms with E-state index in [0.717, 1.165) is 19.3 Å². The number of amides is 1. The van der Waals surface area contributed by atoms with Gasteiger partial charge in [0.05, 0.1) is 10.5 Å². The van der Waals surface area contributed by atoms with E-state index in [-0.39, 0.29) is 36.4 Å². The van der Waals surface area contributed by atoms with Crippen LogP contribution in [0, 0.1) is 11.7 Å². The Hall–Kier alpha value is -1.43. The van der Waals surface area contributed by atoms with Crippen LogP contribution in [0.15, 0.2) is 24.3 Å². The first kappa shape index (κ1) is 16.4. The second-order valence-electron chi connectivity index (χ2n) is 6.65. The van der Waals surface area contributed by atoms with Crippen LogP contribution in [0.1, 0.15) is 37.7 Å². The third-order valence-electron chi connectivity index (χ3n) is 5.34. The van der Waals surface area contributed by atoms with Gasteiger partial charge < -0.3 is 5.32 Å². The van der Waals surface area contributed by atoms with Gasteiger partial charge in [0, 0.05) is 13.0 Å². The summed E-state index contributed by atoms with van der Waals surface area (Å²) in [5.74, 6) is -0.732. The lowest BCUT2D eigenvalue weighted by molar-refractivity contribution is -0.121. The van der Waals surface area contributed by atoms with Gasteiger partial charge in [0.1, 0.15) is 5.82 Å². The summed E-state index contributed by atoms with van der Waals surface area (Å²) in [4.78, 5) is 12.1. The van der Waals surface area contributed by atoms with Crippen molar-refractivity contribution in [3.63, 3.8) is 0 Å². The van der Waals surface area contributed by atoms with Gasteiger partial charge in [0.2, 0.25) is 5.91 Å². The molecular formula is C17H22FNO3S. The van der Waals surface area contributed by atoms with Crippen LogP contribution < -0.4 is 5.32 Å². The number of rotatable bonds is 2. The van der Waals surface area contributed by atoms with E-state index in [1.165, 1.54) is 6.07 Å². The van der Waals surface area contributed by atoms with Crippen molar-refractivity contribution in [1.82, 2.24) is 5.32 Å². The summed E-state index contributed by atoms with van der Waals surface area (Å²) in [6.07, 6.45) is 3.34. The molecule has 6 heteroatoms. The summed E-state index contributed by atoms with van der Waals surface area (Å²) in [6.45, 7) is 0.176. The molecule has 1 spiro atoms. The van der Waals surface area contributed by atoms with E-state index in [1.807, 2.05) is 0 Å². The van der Waals surface area contributed by atoms with Crippen molar-refractivity contribution in [1.29, 1.82) is 0 Å². The molecule has 2 unspecified atom stereocenters. The normalized spacial score (nSPS) is 30.7. The number of nitrogens with one attached hydrogen (secondary N) is 1. The highest BCUT2D eigenvalue weighted by atomic mass is 32.2. The molecule has 1 aliphatic carbocycles. The van der Waals surface area contributed by atoms with Crippen LogP contribution in [0.5, 0.6) is 0 Å². The SMILES string of the molecule is O=C1CC2(CCCCC2Cc2ccccc2F)S(=O)(=O)CCN1. The monoisotopic (exact) mass is 339 g/mol. The summed E-state index contributed by atoms with van der Waals surface area (Å²) in [7, 11) is -3.40. The van der Waals surface area contributed by atoms with Gasteiger partial charge in [0.15, 0.2) is 9.84 Å². The van der Waals surface area contributed by atoms with Crippen molar-refractivity contribution in [2.45, 2.75) is 43.3 Å². The smallest absolute Gasteiger partial charge is 0.221 e. The number of hydrogen-bond acceptors (Lipinski definition) is 3. The van der Waals surface area contributed by atoms with Gasteiger partial charge in [-0.25, -0.2) is 12.8 Å². The minimum Gasteiger partial charge on any atom is -0.355 e. The first-order chi connectivity index (χ1) is 10.9. The molecule has 1 heterocycles. The van der Waals surface area contributed by atoms with Crippen LogP contribution in [0.3, 0.4) is 0 Å². The first-order valence-electron chi connectivity index (χ1n) is 8.17. The van der Waals surface area contributed by atoms with E-state index in [9.17, 15) is 17.6 Å². The minimum absolute atomic E-state index is 0.00839. The summed E-state index contributed by atoms with van der Waals surface area (Å²) in [5, 5.41) is 2.68. The van der Waals surface area contributed by atoms with Crippen LogP contribution in [-0.2, 0) is 21.1 Å².